The minimum atomic E-state index is 0.0567. The maximum Gasteiger partial charge on any atom is 0.253 e. The van der Waals surface area contributed by atoms with Gasteiger partial charge in [-0.2, -0.15) is 0 Å². The smallest absolute Gasteiger partial charge is 0.253 e. The van der Waals surface area contributed by atoms with Crippen LogP contribution in [0.2, 0.25) is 0 Å². The molecule has 5 heteroatoms. The summed E-state index contributed by atoms with van der Waals surface area (Å²) in [6.45, 7) is 7.85. The van der Waals surface area contributed by atoms with E-state index in [-0.39, 0.29) is 11.8 Å². The molecule has 2 N–H and O–H groups in total. The average Bonchev–Trinajstić information content (AvgIpc) is 2.67. The molecule has 26 heavy (non-hydrogen) atoms. The van der Waals surface area contributed by atoms with Crippen LogP contribution >= 0.6 is 0 Å². The van der Waals surface area contributed by atoms with E-state index in [1.807, 2.05) is 29.2 Å². The van der Waals surface area contributed by atoms with Crippen molar-refractivity contribution in [1.82, 2.24) is 10.2 Å². The molecule has 1 aromatic rings. The maximum absolute atomic E-state index is 12.6. The largest absolute Gasteiger partial charge is 0.339 e. The van der Waals surface area contributed by atoms with Gasteiger partial charge in [-0.1, -0.05) is 13.8 Å². The molecule has 0 spiro atoms. The third kappa shape index (κ3) is 6.45. The van der Waals surface area contributed by atoms with Crippen molar-refractivity contribution < 1.29 is 9.59 Å². The Bertz CT molecular complexity index is 559. The van der Waals surface area contributed by atoms with E-state index in [2.05, 4.69) is 24.5 Å². The number of amides is 2. The number of piperidine rings is 1. The number of carbonyl (C=O) groups excluding carboxylic acids is 2. The van der Waals surface area contributed by atoms with Gasteiger partial charge >= 0.3 is 0 Å². The Kier molecular flexibility index (Phi) is 8.62. The summed E-state index contributed by atoms with van der Waals surface area (Å²) in [6.07, 6.45) is 5.75. The molecule has 0 unspecified atom stereocenters. The van der Waals surface area contributed by atoms with Crippen molar-refractivity contribution >= 4 is 17.5 Å². The van der Waals surface area contributed by atoms with Crippen molar-refractivity contribution in [2.24, 2.45) is 5.92 Å². The molecule has 1 aromatic carbocycles. The lowest BCUT2D eigenvalue weighted by Gasteiger charge is -2.22. The number of hydrogen-bond donors (Lipinski definition) is 2. The number of hydrogen-bond acceptors (Lipinski definition) is 3. The molecule has 2 amide bonds. The van der Waals surface area contributed by atoms with Gasteiger partial charge in [0.1, 0.15) is 0 Å². The zero-order chi connectivity index (χ0) is 18.8. The van der Waals surface area contributed by atoms with Crippen molar-refractivity contribution in [2.75, 3.05) is 31.5 Å². The van der Waals surface area contributed by atoms with Gasteiger partial charge in [0.15, 0.2) is 0 Å². The van der Waals surface area contributed by atoms with Crippen LogP contribution in [0.1, 0.15) is 62.7 Å². The van der Waals surface area contributed by atoms with E-state index in [1.54, 1.807) is 0 Å². The fourth-order valence-electron chi connectivity index (χ4n) is 3.46. The van der Waals surface area contributed by atoms with Crippen LogP contribution in [0.4, 0.5) is 5.69 Å². The predicted molar refractivity (Wildman–Crippen MR) is 106 cm³/mol. The van der Waals surface area contributed by atoms with Crippen molar-refractivity contribution in [2.45, 2.75) is 52.4 Å². The summed E-state index contributed by atoms with van der Waals surface area (Å²) in [5.41, 5.74) is 1.44. The van der Waals surface area contributed by atoms with E-state index in [9.17, 15) is 9.59 Å². The van der Waals surface area contributed by atoms with Crippen molar-refractivity contribution in [3.05, 3.63) is 29.8 Å². The quantitative estimate of drug-likeness (QED) is 0.707. The minimum Gasteiger partial charge on any atom is -0.339 e. The molecular formula is C21H33N3O2. The van der Waals surface area contributed by atoms with Gasteiger partial charge in [-0.15, -0.1) is 0 Å². The zero-order valence-corrected chi connectivity index (χ0v) is 16.2. The first kappa shape index (κ1) is 20.4. The van der Waals surface area contributed by atoms with Crippen molar-refractivity contribution in [3.8, 4) is 0 Å². The van der Waals surface area contributed by atoms with E-state index in [1.165, 1.54) is 0 Å². The second kappa shape index (κ2) is 11.0. The van der Waals surface area contributed by atoms with E-state index in [0.29, 0.717) is 17.9 Å². The van der Waals surface area contributed by atoms with Crippen LogP contribution < -0.4 is 10.6 Å². The summed E-state index contributed by atoms with van der Waals surface area (Å²) in [5, 5.41) is 6.30. The first-order valence-corrected chi connectivity index (χ1v) is 10.0. The number of nitrogens with one attached hydrogen (secondary N) is 2. The lowest BCUT2D eigenvalue weighted by atomic mass is 9.93. The first-order chi connectivity index (χ1) is 12.6. The highest BCUT2D eigenvalue weighted by Gasteiger charge is 2.16. The molecule has 1 aliphatic rings. The molecule has 0 aromatic heterocycles. The highest BCUT2D eigenvalue weighted by atomic mass is 16.2. The van der Waals surface area contributed by atoms with Gasteiger partial charge in [0, 0.05) is 30.8 Å². The Labute approximate surface area is 157 Å². The van der Waals surface area contributed by atoms with Crippen LogP contribution in [-0.4, -0.2) is 42.9 Å². The Hall–Kier alpha value is -1.88. The Morgan fingerprint density at radius 1 is 1.08 bits per heavy atom. The second-order valence-corrected chi connectivity index (χ2v) is 7.15. The average molecular weight is 360 g/mol. The summed E-state index contributed by atoms with van der Waals surface area (Å²) < 4.78 is 0. The molecule has 144 valence electrons. The van der Waals surface area contributed by atoms with E-state index in [4.69, 9.17) is 0 Å². The van der Waals surface area contributed by atoms with Gasteiger partial charge < -0.3 is 15.5 Å². The van der Waals surface area contributed by atoms with Gasteiger partial charge in [0.05, 0.1) is 0 Å². The van der Waals surface area contributed by atoms with Crippen LogP contribution in [0.15, 0.2) is 24.3 Å². The fourth-order valence-corrected chi connectivity index (χ4v) is 3.46. The highest BCUT2D eigenvalue weighted by Crippen LogP contribution is 2.18. The summed E-state index contributed by atoms with van der Waals surface area (Å²) in [7, 11) is 0. The Morgan fingerprint density at radius 2 is 1.69 bits per heavy atom. The lowest BCUT2D eigenvalue weighted by molar-refractivity contribution is -0.116. The molecule has 2 rings (SSSR count). The van der Waals surface area contributed by atoms with Crippen LogP contribution in [0.3, 0.4) is 0 Å². The van der Waals surface area contributed by atoms with Gasteiger partial charge in [-0.05, 0) is 75.4 Å². The topological polar surface area (TPSA) is 61.4 Å². The number of anilines is 1. The standard InChI is InChI=1S/C21H33N3O2/c1-3-15-24(16-4-2)21(26)18-6-8-19(9-7-18)23-20(25)10-5-17-11-13-22-14-12-17/h6-9,17,22H,3-5,10-16H2,1-2H3,(H,23,25). The third-order valence-corrected chi connectivity index (χ3v) is 4.93. The molecule has 1 heterocycles. The molecule has 1 fully saturated rings. The van der Waals surface area contributed by atoms with Crippen LogP contribution in [-0.2, 0) is 4.79 Å². The summed E-state index contributed by atoms with van der Waals surface area (Å²) >= 11 is 0. The summed E-state index contributed by atoms with van der Waals surface area (Å²) in [4.78, 5) is 26.6. The number of nitrogens with zero attached hydrogens (tertiary/aromatic N) is 1. The van der Waals surface area contributed by atoms with Crippen molar-refractivity contribution in [1.29, 1.82) is 0 Å². The maximum atomic E-state index is 12.6. The summed E-state index contributed by atoms with van der Waals surface area (Å²) in [5.74, 6) is 0.781. The highest BCUT2D eigenvalue weighted by molar-refractivity contribution is 5.95. The third-order valence-electron chi connectivity index (χ3n) is 4.93. The monoisotopic (exact) mass is 359 g/mol. The normalized spacial score (nSPS) is 14.8. The number of carbonyl (C=O) groups is 2. The van der Waals surface area contributed by atoms with E-state index < -0.39 is 0 Å². The second-order valence-electron chi connectivity index (χ2n) is 7.15. The molecule has 0 atom stereocenters. The Balaban J connectivity index is 1.83. The number of rotatable bonds is 9. The van der Waals surface area contributed by atoms with E-state index >= 15 is 0 Å². The fraction of sp³-hybridized carbons (Fsp3) is 0.619. The van der Waals surface area contributed by atoms with Gasteiger partial charge in [-0.25, -0.2) is 0 Å². The van der Waals surface area contributed by atoms with Gasteiger partial charge in [-0.3, -0.25) is 9.59 Å². The molecule has 5 nitrogen and oxygen atoms in total. The Morgan fingerprint density at radius 3 is 2.27 bits per heavy atom. The molecule has 0 saturated carbocycles. The SMILES string of the molecule is CCCN(CCC)C(=O)c1ccc(NC(=O)CCC2CCNCC2)cc1. The predicted octanol–water partition coefficient (Wildman–Crippen LogP) is 3.67. The van der Waals surface area contributed by atoms with Gasteiger partial charge in [0.25, 0.3) is 5.91 Å². The summed E-state index contributed by atoms with van der Waals surface area (Å²) in [6, 6.07) is 7.27. The molecule has 1 saturated heterocycles. The molecule has 0 bridgehead atoms. The van der Waals surface area contributed by atoms with E-state index in [0.717, 1.165) is 64.0 Å². The molecule has 0 radical (unpaired) electrons. The van der Waals surface area contributed by atoms with Gasteiger partial charge in [0.2, 0.25) is 5.91 Å². The van der Waals surface area contributed by atoms with Crippen molar-refractivity contribution in [3.63, 3.8) is 0 Å². The van der Waals surface area contributed by atoms with Crippen LogP contribution in [0.25, 0.3) is 0 Å². The zero-order valence-electron chi connectivity index (χ0n) is 16.2. The first-order valence-electron chi connectivity index (χ1n) is 10.0. The molecule has 1 aliphatic heterocycles. The van der Waals surface area contributed by atoms with Crippen LogP contribution in [0, 0.1) is 5.92 Å². The number of benzene rings is 1. The minimum absolute atomic E-state index is 0.0567. The molecule has 0 aliphatic carbocycles. The van der Waals surface area contributed by atoms with Crippen LogP contribution in [0.5, 0.6) is 0 Å². The lowest BCUT2D eigenvalue weighted by Crippen LogP contribution is -2.32. The molecular weight excluding hydrogens is 326 g/mol.